The van der Waals surface area contributed by atoms with Crippen LogP contribution in [0.1, 0.15) is 13.8 Å². The highest BCUT2D eigenvalue weighted by atomic mass is 32.1. The normalized spacial score (nSPS) is 18.7. The van der Waals surface area contributed by atoms with Crippen LogP contribution in [0.25, 0.3) is 0 Å². The highest BCUT2D eigenvalue weighted by Crippen LogP contribution is 2.10. The van der Waals surface area contributed by atoms with E-state index in [1.165, 1.54) is 0 Å². The molecule has 0 bridgehead atoms. The van der Waals surface area contributed by atoms with Gasteiger partial charge in [-0.05, 0) is 13.8 Å². The Labute approximate surface area is 114 Å². The van der Waals surface area contributed by atoms with Crippen molar-refractivity contribution in [2.45, 2.75) is 19.9 Å². The molecule has 98 valence electrons. The van der Waals surface area contributed by atoms with Gasteiger partial charge in [0.05, 0.1) is 18.2 Å². The van der Waals surface area contributed by atoms with Crippen LogP contribution in [0, 0.1) is 0 Å². The van der Waals surface area contributed by atoms with Crippen LogP contribution in [0.2, 0.25) is 0 Å². The van der Waals surface area contributed by atoms with Gasteiger partial charge in [0.1, 0.15) is 11.0 Å². The number of rotatable bonds is 5. The molecule has 1 atom stereocenters. The molecule has 4 nitrogen and oxygen atoms in total. The van der Waals surface area contributed by atoms with Gasteiger partial charge >= 0.3 is 0 Å². The standard InChI is InChI=1S/C11H21N3OS2/c1-3-13(4-2)11(17)9(10(12)16)14-5-7-15-8-6-14/h9H,3-8H2,1-2H3,(H2,12,16). The Morgan fingerprint density at radius 2 is 1.82 bits per heavy atom. The highest BCUT2D eigenvalue weighted by molar-refractivity contribution is 7.82. The van der Waals surface area contributed by atoms with Gasteiger partial charge in [-0.3, -0.25) is 4.90 Å². The summed E-state index contributed by atoms with van der Waals surface area (Å²) >= 11 is 10.7. The molecule has 1 saturated heterocycles. The van der Waals surface area contributed by atoms with Crippen LogP contribution in [-0.2, 0) is 4.74 Å². The van der Waals surface area contributed by atoms with E-state index in [-0.39, 0.29) is 6.04 Å². The lowest BCUT2D eigenvalue weighted by Gasteiger charge is -2.37. The fourth-order valence-electron chi connectivity index (χ4n) is 2.00. The van der Waals surface area contributed by atoms with E-state index >= 15 is 0 Å². The molecule has 6 heteroatoms. The largest absolute Gasteiger partial charge is 0.392 e. The van der Waals surface area contributed by atoms with E-state index in [9.17, 15) is 0 Å². The molecule has 0 amide bonds. The van der Waals surface area contributed by atoms with Crippen molar-refractivity contribution in [1.82, 2.24) is 9.80 Å². The summed E-state index contributed by atoms with van der Waals surface area (Å²) < 4.78 is 5.34. The van der Waals surface area contributed by atoms with Crippen molar-refractivity contribution in [3.63, 3.8) is 0 Å². The average Bonchev–Trinajstić information content (AvgIpc) is 2.31. The number of ether oxygens (including phenoxy) is 1. The lowest BCUT2D eigenvalue weighted by molar-refractivity contribution is 0.0373. The summed E-state index contributed by atoms with van der Waals surface area (Å²) in [5.41, 5.74) is 5.85. The maximum absolute atomic E-state index is 5.85. The molecule has 0 aromatic heterocycles. The van der Waals surface area contributed by atoms with Crippen LogP contribution in [0.3, 0.4) is 0 Å². The highest BCUT2D eigenvalue weighted by Gasteiger charge is 2.29. The van der Waals surface area contributed by atoms with E-state index in [4.69, 9.17) is 34.9 Å². The van der Waals surface area contributed by atoms with Crippen molar-refractivity contribution >= 4 is 34.4 Å². The van der Waals surface area contributed by atoms with E-state index < -0.39 is 0 Å². The number of thiocarbonyl (C=S) groups is 2. The summed E-state index contributed by atoms with van der Waals surface area (Å²) in [6, 6.07) is -0.108. The Morgan fingerprint density at radius 1 is 1.29 bits per heavy atom. The molecule has 1 heterocycles. The van der Waals surface area contributed by atoms with E-state index in [2.05, 4.69) is 23.6 Å². The number of nitrogens with zero attached hydrogens (tertiary/aromatic N) is 2. The molecular weight excluding hydrogens is 254 g/mol. The third-order valence-corrected chi connectivity index (χ3v) is 3.69. The van der Waals surface area contributed by atoms with Gasteiger partial charge in [0.15, 0.2) is 0 Å². The second-order valence-corrected chi connectivity index (χ2v) is 4.85. The lowest BCUT2D eigenvalue weighted by Crippen LogP contribution is -2.56. The Balaban J connectivity index is 2.76. The fourth-order valence-corrected chi connectivity index (χ4v) is 2.87. The van der Waals surface area contributed by atoms with Gasteiger partial charge in [0, 0.05) is 26.2 Å². The minimum absolute atomic E-state index is 0.108. The molecule has 1 aliphatic rings. The van der Waals surface area contributed by atoms with E-state index in [1.54, 1.807) is 0 Å². The van der Waals surface area contributed by atoms with Gasteiger partial charge < -0.3 is 15.4 Å². The van der Waals surface area contributed by atoms with Crippen LogP contribution in [0.15, 0.2) is 0 Å². The van der Waals surface area contributed by atoms with Gasteiger partial charge in [-0.15, -0.1) is 0 Å². The molecule has 0 spiro atoms. The van der Waals surface area contributed by atoms with Crippen LogP contribution < -0.4 is 5.73 Å². The Bertz CT molecular complexity index is 276. The van der Waals surface area contributed by atoms with E-state index in [0.29, 0.717) is 4.99 Å². The minimum atomic E-state index is -0.108. The third-order valence-electron chi connectivity index (χ3n) is 2.99. The molecule has 0 aromatic rings. The number of morpholine rings is 1. The minimum Gasteiger partial charge on any atom is -0.392 e. The second kappa shape index (κ2) is 7.20. The van der Waals surface area contributed by atoms with Gasteiger partial charge in [-0.25, -0.2) is 0 Å². The van der Waals surface area contributed by atoms with Crippen LogP contribution >= 0.6 is 24.4 Å². The lowest BCUT2D eigenvalue weighted by atomic mass is 10.2. The first kappa shape index (κ1) is 14.8. The molecule has 1 aliphatic heterocycles. The molecule has 1 fully saturated rings. The van der Waals surface area contributed by atoms with Crippen molar-refractivity contribution in [3.05, 3.63) is 0 Å². The van der Waals surface area contributed by atoms with E-state index in [0.717, 1.165) is 44.4 Å². The SMILES string of the molecule is CCN(CC)C(=S)C(C(N)=S)N1CCOCC1. The first-order valence-corrected chi connectivity index (χ1v) is 6.83. The first-order chi connectivity index (χ1) is 8.11. The van der Waals surface area contributed by atoms with Gasteiger partial charge in [-0.1, -0.05) is 24.4 Å². The smallest absolute Gasteiger partial charge is 0.111 e. The Morgan fingerprint density at radius 3 is 2.24 bits per heavy atom. The van der Waals surface area contributed by atoms with Crippen molar-refractivity contribution in [2.75, 3.05) is 39.4 Å². The molecule has 1 rings (SSSR count). The molecule has 17 heavy (non-hydrogen) atoms. The number of likely N-dealkylation sites (N-methyl/N-ethyl adjacent to an activating group) is 1. The summed E-state index contributed by atoms with van der Waals surface area (Å²) in [7, 11) is 0. The molecule has 0 radical (unpaired) electrons. The predicted molar refractivity (Wildman–Crippen MR) is 78.5 cm³/mol. The van der Waals surface area contributed by atoms with Crippen molar-refractivity contribution < 1.29 is 4.74 Å². The van der Waals surface area contributed by atoms with Crippen LogP contribution in [0.4, 0.5) is 0 Å². The summed E-state index contributed by atoms with van der Waals surface area (Å²) in [6.07, 6.45) is 0. The van der Waals surface area contributed by atoms with Crippen molar-refractivity contribution in [2.24, 2.45) is 5.73 Å². The summed E-state index contributed by atoms with van der Waals surface area (Å²) in [4.78, 5) is 5.65. The quantitative estimate of drug-likeness (QED) is 0.743. The maximum atomic E-state index is 5.85. The van der Waals surface area contributed by atoms with Gasteiger partial charge in [-0.2, -0.15) is 0 Å². The molecule has 2 N–H and O–H groups in total. The topological polar surface area (TPSA) is 41.7 Å². The first-order valence-electron chi connectivity index (χ1n) is 6.01. The van der Waals surface area contributed by atoms with Gasteiger partial charge in [0.25, 0.3) is 0 Å². The number of hydrogen-bond acceptors (Lipinski definition) is 4. The maximum Gasteiger partial charge on any atom is 0.111 e. The Kier molecular flexibility index (Phi) is 6.26. The van der Waals surface area contributed by atoms with Crippen molar-refractivity contribution in [3.8, 4) is 0 Å². The Hall–Kier alpha value is -0.300. The molecular formula is C11H21N3OS2. The van der Waals surface area contributed by atoms with Gasteiger partial charge in [0.2, 0.25) is 0 Å². The van der Waals surface area contributed by atoms with Crippen LogP contribution in [0.5, 0.6) is 0 Å². The predicted octanol–water partition coefficient (Wildman–Crippen LogP) is 0.642. The molecule has 0 saturated carbocycles. The summed E-state index contributed by atoms with van der Waals surface area (Å²) in [6.45, 7) is 9.07. The molecule has 0 aliphatic carbocycles. The molecule has 0 aromatic carbocycles. The average molecular weight is 275 g/mol. The third kappa shape index (κ3) is 3.84. The van der Waals surface area contributed by atoms with Crippen molar-refractivity contribution in [1.29, 1.82) is 0 Å². The zero-order valence-corrected chi connectivity index (χ0v) is 12.1. The number of nitrogens with two attached hydrogens (primary N) is 1. The summed E-state index contributed by atoms with van der Waals surface area (Å²) in [5, 5.41) is 0. The second-order valence-electron chi connectivity index (χ2n) is 3.96. The molecule has 1 unspecified atom stereocenters. The zero-order valence-electron chi connectivity index (χ0n) is 10.5. The van der Waals surface area contributed by atoms with E-state index in [1.807, 2.05) is 0 Å². The summed E-state index contributed by atoms with van der Waals surface area (Å²) in [5.74, 6) is 0. The zero-order chi connectivity index (χ0) is 12.8. The monoisotopic (exact) mass is 275 g/mol. The number of hydrogen-bond donors (Lipinski definition) is 1. The van der Waals surface area contributed by atoms with Crippen LogP contribution in [-0.4, -0.2) is 65.2 Å². The fraction of sp³-hybridized carbons (Fsp3) is 0.818.